The minimum Gasteiger partial charge on any atom is -0.383 e. The fraction of sp³-hybridized carbons (Fsp3) is 0.458. The number of likely N-dealkylation sites (tertiary alicyclic amines) is 1. The van der Waals surface area contributed by atoms with Crippen LogP contribution in [0.3, 0.4) is 0 Å². The molecule has 6 nitrogen and oxygen atoms in total. The van der Waals surface area contributed by atoms with Gasteiger partial charge in [-0.1, -0.05) is 48.5 Å². The number of anilines is 1. The van der Waals surface area contributed by atoms with Gasteiger partial charge in [0.2, 0.25) is 5.91 Å². The van der Waals surface area contributed by atoms with Crippen molar-refractivity contribution in [3.63, 3.8) is 0 Å². The third-order valence-corrected chi connectivity index (χ3v) is 7.20. The molecular formula is C24H29N3O3. The lowest BCUT2D eigenvalue weighted by Gasteiger charge is -2.50. The van der Waals surface area contributed by atoms with E-state index in [1.807, 2.05) is 48.5 Å². The van der Waals surface area contributed by atoms with Crippen LogP contribution in [0.5, 0.6) is 0 Å². The van der Waals surface area contributed by atoms with Crippen LogP contribution in [-0.4, -0.2) is 60.5 Å². The molecule has 3 fully saturated rings. The number of nitrogens with one attached hydrogen (secondary N) is 1. The number of piperidine rings is 1. The monoisotopic (exact) mass is 407 g/mol. The van der Waals surface area contributed by atoms with Gasteiger partial charge in [0.1, 0.15) is 11.1 Å². The zero-order valence-electron chi connectivity index (χ0n) is 17.2. The van der Waals surface area contributed by atoms with Crippen LogP contribution in [0.25, 0.3) is 0 Å². The van der Waals surface area contributed by atoms with Gasteiger partial charge in [-0.05, 0) is 30.5 Å². The minimum absolute atomic E-state index is 0.111. The van der Waals surface area contributed by atoms with Crippen LogP contribution in [0, 0.1) is 0 Å². The Balaban J connectivity index is 1.38. The van der Waals surface area contributed by atoms with Gasteiger partial charge < -0.3 is 20.1 Å². The van der Waals surface area contributed by atoms with Crippen LogP contribution < -0.4 is 10.2 Å². The Morgan fingerprint density at radius 1 is 0.967 bits per heavy atom. The van der Waals surface area contributed by atoms with E-state index in [1.54, 1.807) is 0 Å². The van der Waals surface area contributed by atoms with Crippen molar-refractivity contribution in [1.29, 1.82) is 0 Å². The highest BCUT2D eigenvalue weighted by Crippen LogP contribution is 2.40. The summed E-state index contributed by atoms with van der Waals surface area (Å²) in [5.41, 5.74) is 0.577. The Kier molecular flexibility index (Phi) is 5.01. The first-order chi connectivity index (χ1) is 14.6. The minimum atomic E-state index is -0.929. The zero-order valence-corrected chi connectivity index (χ0v) is 17.2. The second-order valence-corrected chi connectivity index (χ2v) is 8.63. The largest absolute Gasteiger partial charge is 0.383 e. The van der Waals surface area contributed by atoms with Gasteiger partial charge >= 0.3 is 0 Å². The molecule has 2 atom stereocenters. The van der Waals surface area contributed by atoms with Gasteiger partial charge in [0.25, 0.3) is 0 Å². The summed E-state index contributed by atoms with van der Waals surface area (Å²) in [4.78, 5) is 17.5. The average Bonchev–Trinajstić information content (AvgIpc) is 3.11. The molecule has 0 aromatic heterocycles. The van der Waals surface area contributed by atoms with E-state index < -0.39 is 11.1 Å². The molecule has 2 N–H and O–H groups in total. The van der Waals surface area contributed by atoms with Gasteiger partial charge in [-0.15, -0.1) is 0 Å². The summed E-state index contributed by atoms with van der Waals surface area (Å²) in [6.45, 7) is 3.11. The number of carbonyl (C=O) groups excluding carboxylic acids is 1. The van der Waals surface area contributed by atoms with Crippen molar-refractivity contribution in [2.24, 2.45) is 0 Å². The number of nitrogens with zero attached hydrogens (tertiary/aromatic N) is 2. The van der Waals surface area contributed by atoms with Crippen LogP contribution in [0.15, 0.2) is 60.7 Å². The summed E-state index contributed by atoms with van der Waals surface area (Å²) in [6.07, 6.45) is 2.05. The number of para-hydroxylation sites is 1. The summed E-state index contributed by atoms with van der Waals surface area (Å²) in [6, 6.07) is 20.0. The zero-order chi connectivity index (χ0) is 20.6. The van der Waals surface area contributed by atoms with Gasteiger partial charge in [-0.25, -0.2) is 0 Å². The number of aliphatic hydroxyl groups is 1. The van der Waals surface area contributed by atoms with Crippen molar-refractivity contribution in [3.05, 3.63) is 66.2 Å². The number of amides is 1. The Hall–Kier alpha value is -2.41. The lowest BCUT2D eigenvalue weighted by Crippen LogP contribution is -2.63. The number of carbonyl (C=O) groups is 1. The molecule has 3 saturated heterocycles. The molecule has 3 aliphatic rings. The Bertz CT molecular complexity index is 883. The molecule has 0 bridgehead atoms. The Labute approximate surface area is 177 Å². The first kappa shape index (κ1) is 19.5. The molecule has 2 aromatic carbocycles. The molecule has 3 aliphatic heterocycles. The highest BCUT2D eigenvalue weighted by atomic mass is 16.5. The van der Waals surface area contributed by atoms with Crippen LogP contribution in [-0.2, 0) is 15.1 Å². The van der Waals surface area contributed by atoms with Gasteiger partial charge in [0, 0.05) is 31.8 Å². The van der Waals surface area contributed by atoms with E-state index in [1.165, 1.54) is 0 Å². The van der Waals surface area contributed by atoms with E-state index in [2.05, 4.69) is 27.2 Å². The number of rotatable bonds is 3. The molecule has 30 heavy (non-hydrogen) atoms. The first-order valence-corrected chi connectivity index (χ1v) is 10.8. The van der Waals surface area contributed by atoms with Gasteiger partial charge in [-0.3, -0.25) is 9.69 Å². The molecule has 6 heteroatoms. The smallest absolute Gasteiger partial charge is 0.247 e. The maximum atomic E-state index is 12.9. The number of benzene rings is 2. The van der Waals surface area contributed by atoms with E-state index in [0.717, 1.165) is 37.2 Å². The van der Waals surface area contributed by atoms with Crippen molar-refractivity contribution in [3.8, 4) is 0 Å². The van der Waals surface area contributed by atoms with Crippen molar-refractivity contribution in [1.82, 2.24) is 10.2 Å². The standard InChI is InChI=1S/C24H29N3O3/c28-22-23(27(18-25-22)20-9-5-2-6-10-20)11-14-26(15-12-23)21-17-30-16-13-24(21,29)19-7-3-1-4-8-19/h1-10,21,29H,11-18H2,(H,25,28)/t21-,24+/m1/s1. The normalized spacial score (nSPS) is 29.2. The average molecular weight is 408 g/mol. The maximum absolute atomic E-state index is 12.9. The molecule has 3 heterocycles. The summed E-state index contributed by atoms with van der Waals surface area (Å²) >= 11 is 0. The van der Waals surface area contributed by atoms with E-state index in [9.17, 15) is 9.90 Å². The van der Waals surface area contributed by atoms with Crippen molar-refractivity contribution in [2.45, 2.75) is 36.4 Å². The summed E-state index contributed by atoms with van der Waals surface area (Å²) in [7, 11) is 0. The molecule has 5 rings (SSSR count). The quantitative estimate of drug-likeness (QED) is 0.816. The van der Waals surface area contributed by atoms with E-state index in [-0.39, 0.29) is 11.9 Å². The molecule has 0 saturated carbocycles. The predicted molar refractivity (Wildman–Crippen MR) is 115 cm³/mol. The molecule has 1 amide bonds. The van der Waals surface area contributed by atoms with Crippen molar-refractivity contribution < 1.29 is 14.6 Å². The molecule has 158 valence electrons. The van der Waals surface area contributed by atoms with Gasteiger partial charge in [-0.2, -0.15) is 0 Å². The van der Waals surface area contributed by atoms with Crippen molar-refractivity contribution >= 4 is 11.6 Å². The maximum Gasteiger partial charge on any atom is 0.247 e. The SMILES string of the molecule is O=C1NCN(c2ccccc2)C12CCN([C@@H]1COCC[C@]1(O)c1ccccc1)CC2. The molecule has 0 aliphatic carbocycles. The molecular weight excluding hydrogens is 378 g/mol. The number of hydrogen-bond acceptors (Lipinski definition) is 5. The van der Waals surface area contributed by atoms with Crippen LogP contribution >= 0.6 is 0 Å². The molecule has 2 aromatic rings. The molecule has 0 radical (unpaired) electrons. The summed E-state index contributed by atoms with van der Waals surface area (Å²) in [5, 5.41) is 14.7. The third-order valence-electron chi connectivity index (χ3n) is 7.20. The number of hydrogen-bond donors (Lipinski definition) is 2. The first-order valence-electron chi connectivity index (χ1n) is 10.8. The predicted octanol–water partition coefficient (Wildman–Crippen LogP) is 2.09. The van der Waals surface area contributed by atoms with E-state index >= 15 is 0 Å². The third kappa shape index (κ3) is 3.11. The van der Waals surface area contributed by atoms with E-state index in [4.69, 9.17) is 4.74 Å². The highest BCUT2D eigenvalue weighted by molar-refractivity contribution is 5.93. The van der Waals surface area contributed by atoms with Gasteiger partial charge in [0.05, 0.1) is 19.3 Å². The van der Waals surface area contributed by atoms with Gasteiger partial charge in [0.15, 0.2) is 0 Å². The topological polar surface area (TPSA) is 65.0 Å². The van der Waals surface area contributed by atoms with Crippen LogP contribution in [0.1, 0.15) is 24.8 Å². The Morgan fingerprint density at radius 2 is 1.63 bits per heavy atom. The summed E-state index contributed by atoms with van der Waals surface area (Å²) < 4.78 is 5.79. The molecule has 0 unspecified atom stereocenters. The van der Waals surface area contributed by atoms with Crippen molar-refractivity contribution in [2.75, 3.05) is 37.9 Å². The second kappa shape index (κ2) is 7.69. The van der Waals surface area contributed by atoms with E-state index in [0.29, 0.717) is 26.3 Å². The lowest BCUT2D eigenvalue weighted by molar-refractivity contribution is -0.143. The number of ether oxygens (including phenoxy) is 1. The second-order valence-electron chi connectivity index (χ2n) is 8.63. The van der Waals surface area contributed by atoms with Crippen LogP contribution in [0.2, 0.25) is 0 Å². The Morgan fingerprint density at radius 3 is 2.33 bits per heavy atom. The summed E-state index contributed by atoms with van der Waals surface area (Å²) in [5.74, 6) is 0.115. The fourth-order valence-electron chi connectivity index (χ4n) is 5.44. The van der Waals surface area contributed by atoms with Crippen LogP contribution in [0.4, 0.5) is 5.69 Å². The fourth-order valence-corrected chi connectivity index (χ4v) is 5.44. The lowest BCUT2D eigenvalue weighted by atomic mass is 9.79. The highest BCUT2D eigenvalue weighted by Gasteiger charge is 2.53. The molecule has 1 spiro atoms.